The van der Waals surface area contributed by atoms with Gasteiger partial charge in [-0.05, 0) is 45.2 Å². The molecule has 0 spiro atoms. The highest BCUT2D eigenvalue weighted by Crippen LogP contribution is 2.40. The molecular formula is C15H21N3O2. The van der Waals surface area contributed by atoms with E-state index in [1.54, 1.807) is 0 Å². The summed E-state index contributed by atoms with van der Waals surface area (Å²) >= 11 is 0. The average Bonchev–Trinajstić information content (AvgIpc) is 3.03. The molecule has 0 aromatic carbocycles. The molecule has 5 heteroatoms. The molecule has 1 aromatic rings. The number of amides is 1. The van der Waals surface area contributed by atoms with E-state index in [0.29, 0.717) is 23.6 Å². The zero-order valence-electron chi connectivity index (χ0n) is 11.9. The predicted octanol–water partition coefficient (Wildman–Crippen LogP) is 1.72. The van der Waals surface area contributed by atoms with Crippen LogP contribution in [0.4, 0.5) is 0 Å². The summed E-state index contributed by atoms with van der Waals surface area (Å²) in [6.07, 6.45) is 4.68. The number of likely N-dealkylation sites (tertiary alicyclic amines) is 2. The average molecular weight is 275 g/mol. The van der Waals surface area contributed by atoms with Gasteiger partial charge < -0.3 is 14.3 Å². The minimum Gasteiger partial charge on any atom is -0.360 e. The van der Waals surface area contributed by atoms with Gasteiger partial charge in [0.2, 0.25) is 0 Å². The highest BCUT2D eigenvalue weighted by molar-refractivity contribution is 5.92. The third kappa shape index (κ3) is 2.04. The van der Waals surface area contributed by atoms with Gasteiger partial charge in [0, 0.05) is 31.1 Å². The van der Waals surface area contributed by atoms with Crippen LogP contribution in [0, 0.1) is 5.92 Å². The number of fused-ring (bicyclic) bond motifs is 1. The monoisotopic (exact) mass is 275 g/mol. The van der Waals surface area contributed by atoms with Crippen molar-refractivity contribution in [2.45, 2.75) is 37.6 Å². The lowest BCUT2D eigenvalue weighted by molar-refractivity contribution is 0.0621. The van der Waals surface area contributed by atoms with Crippen LogP contribution in [0.15, 0.2) is 10.6 Å². The first-order chi connectivity index (χ1) is 9.72. The lowest BCUT2D eigenvalue weighted by Gasteiger charge is -2.36. The van der Waals surface area contributed by atoms with Crippen LogP contribution >= 0.6 is 0 Å². The summed E-state index contributed by atoms with van der Waals surface area (Å²) in [6.45, 7) is 3.01. The Morgan fingerprint density at radius 3 is 2.90 bits per heavy atom. The van der Waals surface area contributed by atoms with Crippen LogP contribution in [0.25, 0.3) is 0 Å². The van der Waals surface area contributed by atoms with E-state index in [0.717, 1.165) is 31.8 Å². The van der Waals surface area contributed by atoms with Crippen molar-refractivity contribution < 1.29 is 9.32 Å². The van der Waals surface area contributed by atoms with Crippen LogP contribution in [0.2, 0.25) is 0 Å². The molecule has 1 saturated carbocycles. The van der Waals surface area contributed by atoms with Crippen LogP contribution in [0.5, 0.6) is 0 Å². The van der Waals surface area contributed by atoms with Gasteiger partial charge in [0.15, 0.2) is 5.69 Å². The number of carbonyl (C=O) groups excluding carboxylic acids is 1. The van der Waals surface area contributed by atoms with Gasteiger partial charge in [-0.15, -0.1) is 0 Å². The first kappa shape index (κ1) is 12.4. The summed E-state index contributed by atoms with van der Waals surface area (Å²) in [7, 11) is 2.14. The Morgan fingerprint density at radius 2 is 2.10 bits per heavy atom. The van der Waals surface area contributed by atoms with Gasteiger partial charge in [0.1, 0.15) is 5.76 Å². The number of likely N-dealkylation sites (N-methyl/N-ethyl adjacent to an activating group) is 1. The molecule has 2 unspecified atom stereocenters. The van der Waals surface area contributed by atoms with Crippen molar-refractivity contribution in [3.63, 3.8) is 0 Å². The topological polar surface area (TPSA) is 49.6 Å². The van der Waals surface area contributed by atoms with E-state index in [-0.39, 0.29) is 5.91 Å². The van der Waals surface area contributed by atoms with Crippen LogP contribution in [0.3, 0.4) is 0 Å². The van der Waals surface area contributed by atoms with Crippen molar-refractivity contribution in [1.82, 2.24) is 15.0 Å². The quantitative estimate of drug-likeness (QED) is 0.824. The highest BCUT2D eigenvalue weighted by atomic mass is 16.5. The van der Waals surface area contributed by atoms with E-state index in [9.17, 15) is 4.79 Å². The maximum absolute atomic E-state index is 12.6. The maximum Gasteiger partial charge on any atom is 0.276 e. The molecular weight excluding hydrogens is 254 g/mol. The van der Waals surface area contributed by atoms with E-state index in [1.807, 2.05) is 11.0 Å². The van der Waals surface area contributed by atoms with E-state index in [4.69, 9.17) is 4.52 Å². The van der Waals surface area contributed by atoms with Crippen LogP contribution in [0.1, 0.15) is 47.8 Å². The molecule has 5 nitrogen and oxygen atoms in total. The predicted molar refractivity (Wildman–Crippen MR) is 73.5 cm³/mol. The van der Waals surface area contributed by atoms with E-state index >= 15 is 0 Å². The van der Waals surface area contributed by atoms with Crippen molar-refractivity contribution in [2.75, 3.05) is 26.7 Å². The molecule has 2 aliphatic heterocycles. The first-order valence-electron chi connectivity index (χ1n) is 7.68. The van der Waals surface area contributed by atoms with Gasteiger partial charge in [-0.1, -0.05) is 5.16 Å². The Morgan fingerprint density at radius 1 is 1.30 bits per heavy atom. The number of piperidine rings is 1. The Balaban J connectivity index is 1.52. The summed E-state index contributed by atoms with van der Waals surface area (Å²) < 4.78 is 5.32. The number of hydrogen-bond acceptors (Lipinski definition) is 4. The van der Waals surface area contributed by atoms with Crippen LogP contribution in [-0.4, -0.2) is 53.6 Å². The fourth-order valence-electron chi connectivity index (χ4n) is 3.65. The lowest BCUT2D eigenvalue weighted by Crippen LogP contribution is -2.48. The van der Waals surface area contributed by atoms with E-state index in [2.05, 4.69) is 17.1 Å². The van der Waals surface area contributed by atoms with Crippen LogP contribution < -0.4 is 0 Å². The third-order valence-corrected chi connectivity index (χ3v) is 5.05. The molecule has 2 atom stereocenters. The molecule has 1 aliphatic carbocycles. The smallest absolute Gasteiger partial charge is 0.276 e. The standard InChI is InChI=1S/C15H21N3O2/c1-17-6-4-10-5-7-18(13(10)9-17)15(19)12-8-14(20-16-12)11-2-3-11/h8,10-11,13H,2-7,9H2,1H3. The van der Waals surface area contributed by atoms with Crippen molar-refractivity contribution in [2.24, 2.45) is 5.92 Å². The van der Waals surface area contributed by atoms with Crippen molar-refractivity contribution in [3.8, 4) is 0 Å². The molecule has 0 radical (unpaired) electrons. The first-order valence-corrected chi connectivity index (χ1v) is 7.68. The molecule has 20 heavy (non-hydrogen) atoms. The summed E-state index contributed by atoms with van der Waals surface area (Å²) in [5.41, 5.74) is 0.501. The van der Waals surface area contributed by atoms with E-state index in [1.165, 1.54) is 19.3 Å². The fraction of sp³-hybridized carbons (Fsp3) is 0.733. The number of nitrogens with zero attached hydrogens (tertiary/aromatic N) is 3. The SMILES string of the molecule is CN1CCC2CCN(C(=O)c3cc(C4CC4)on3)C2C1. The largest absolute Gasteiger partial charge is 0.360 e. The molecule has 1 amide bonds. The summed E-state index contributed by atoms with van der Waals surface area (Å²) in [5.74, 6) is 2.13. The fourth-order valence-corrected chi connectivity index (χ4v) is 3.65. The van der Waals surface area contributed by atoms with Crippen molar-refractivity contribution in [1.29, 1.82) is 0 Å². The van der Waals surface area contributed by atoms with Gasteiger partial charge in [-0.2, -0.15) is 0 Å². The normalized spacial score (nSPS) is 30.6. The van der Waals surface area contributed by atoms with Gasteiger partial charge in [-0.25, -0.2) is 0 Å². The van der Waals surface area contributed by atoms with Gasteiger partial charge in [0.05, 0.1) is 0 Å². The molecule has 4 rings (SSSR count). The van der Waals surface area contributed by atoms with Gasteiger partial charge >= 0.3 is 0 Å². The number of hydrogen-bond donors (Lipinski definition) is 0. The van der Waals surface area contributed by atoms with Crippen molar-refractivity contribution >= 4 is 5.91 Å². The van der Waals surface area contributed by atoms with Crippen molar-refractivity contribution in [3.05, 3.63) is 17.5 Å². The molecule has 1 aromatic heterocycles. The number of carbonyl (C=O) groups is 1. The van der Waals surface area contributed by atoms with Gasteiger partial charge in [0.25, 0.3) is 5.91 Å². The molecule has 108 valence electrons. The number of rotatable bonds is 2. The molecule has 2 saturated heterocycles. The maximum atomic E-state index is 12.6. The minimum absolute atomic E-state index is 0.0588. The second-order valence-corrected chi connectivity index (χ2v) is 6.55. The van der Waals surface area contributed by atoms with E-state index < -0.39 is 0 Å². The minimum atomic E-state index is 0.0588. The summed E-state index contributed by atoms with van der Waals surface area (Å²) in [4.78, 5) is 17.0. The molecule has 3 fully saturated rings. The van der Waals surface area contributed by atoms with Crippen LogP contribution in [-0.2, 0) is 0 Å². The highest BCUT2D eigenvalue weighted by Gasteiger charge is 2.41. The molecule has 3 aliphatic rings. The summed E-state index contributed by atoms with van der Waals surface area (Å²) in [5, 5.41) is 4.00. The molecule has 0 N–H and O–H groups in total. The number of aromatic nitrogens is 1. The zero-order valence-corrected chi connectivity index (χ0v) is 11.9. The third-order valence-electron chi connectivity index (χ3n) is 5.05. The second kappa shape index (κ2) is 4.58. The zero-order chi connectivity index (χ0) is 13.7. The Kier molecular flexibility index (Phi) is 2.84. The van der Waals surface area contributed by atoms with Gasteiger partial charge in [-0.3, -0.25) is 4.79 Å². The second-order valence-electron chi connectivity index (χ2n) is 6.55. The Labute approximate surface area is 118 Å². The molecule has 0 bridgehead atoms. The Hall–Kier alpha value is -1.36. The Bertz CT molecular complexity index is 523. The summed E-state index contributed by atoms with van der Waals surface area (Å²) in [6, 6.07) is 2.22. The lowest BCUT2D eigenvalue weighted by atomic mass is 9.92. The molecule has 3 heterocycles.